The van der Waals surface area contributed by atoms with Gasteiger partial charge < -0.3 is 15.2 Å². The number of alkyl carbamates (subject to hydrolysis) is 1. The molecule has 0 saturated heterocycles. The first-order chi connectivity index (χ1) is 13.9. The van der Waals surface area contributed by atoms with Gasteiger partial charge in [0.05, 0.1) is 4.90 Å². The van der Waals surface area contributed by atoms with Crippen LogP contribution in [-0.2, 0) is 26.2 Å². The van der Waals surface area contributed by atoms with Gasteiger partial charge in [-0.1, -0.05) is 54.6 Å². The fraction of sp³-hybridized carbons (Fsp3) is 0.200. The lowest BCUT2D eigenvalue weighted by Gasteiger charge is -2.06. The van der Waals surface area contributed by atoms with Crippen molar-refractivity contribution in [3.05, 3.63) is 71.8 Å². The molecular formula is C20H22N2O6S. The molecule has 0 aliphatic carbocycles. The van der Waals surface area contributed by atoms with Crippen molar-refractivity contribution in [2.24, 2.45) is 0 Å². The van der Waals surface area contributed by atoms with Crippen LogP contribution in [0.15, 0.2) is 65.6 Å². The van der Waals surface area contributed by atoms with Gasteiger partial charge in [0, 0.05) is 6.54 Å². The zero-order chi connectivity index (χ0) is 21.1. The number of benzene rings is 2. The molecule has 154 valence electrons. The molecule has 0 radical (unpaired) electrons. The van der Waals surface area contributed by atoms with Crippen molar-refractivity contribution in [2.45, 2.75) is 17.9 Å². The first-order valence-electron chi connectivity index (χ1n) is 8.79. The predicted octanol–water partition coefficient (Wildman–Crippen LogP) is 2.38. The van der Waals surface area contributed by atoms with E-state index in [0.717, 1.165) is 11.1 Å². The third kappa shape index (κ3) is 8.16. The number of carboxylic acid groups (broad SMARTS) is 1. The van der Waals surface area contributed by atoms with Crippen molar-refractivity contribution >= 4 is 28.2 Å². The zero-order valence-electron chi connectivity index (χ0n) is 15.6. The molecule has 0 unspecified atom stereocenters. The lowest BCUT2D eigenvalue weighted by Crippen LogP contribution is -2.29. The molecule has 1 amide bonds. The Balaban J connectivity index is 1.72. The van der Waals surface area contributed by atoms with Crippen molar-refractivity contribution in [3.8, 4) is 0 Å². The maximum Gasteiger partial charge on any atom is 0.407 e. The van der Waals surface area contributed by atoms with Crippen LogP contribution in [0.5, 0.6) is 0 Å². The summed E-state index contributed by atoms with van der Waals surface area (Å²) >= 11 is 0. The molecule has 2 aromatic carbocycles. The number of carbonyl (C=O) groups is 2. The number of carbonyl (C=O) groups excluding carboxylic acids is 1. The van der Waals surface area contributed by atoms with Crippen LogP contribution in [0.25, 0.3) is 6.08 Å². The average Bonchev–Trinajstić information content (AvgIpc) is 2.72. The highest BCUT2D eigenvalue weighted by Crippen LogP contribution is 2.11. The number of carboxylic acids is 1. The van der Waals surface area contributed by atoms with Crippen LogP contribution < -0.4 is 10.0 Å². The van der Waals surface area contributed by atoms with Gasteiger partial charge in [0.1, 0.15) is 13.2 Å². The van der Waals surface area contributed by atoms with E-state index in [0.29, 0.717) is 13.0 Å². The fourth-order valence-corrected chi connectivity index (χ4v) is 3.22. The van der Waals surface area contributed by atoms with Crippen LogP contribution in [0.2, 0.25) is 0 Å². The Morgan fingerprint density at radius 1 is 1.03 bits per heavy atom. The lowest BCUT2D eigenvalue weighted by atomic mass is 10.2. The molecule has 3 N–H and O–H groups in total. The molecule has 0 bridgehead atoms. The largest absolute Gasteiger partial charge is 0.480 e. The van der Waals surface area contributed by atoms with Crippen LogP contribution in [-0.4, -0.2) is 38.7 Å². The molecule has 0 aliphatic heterocycles. The summed E-state index contributed by atoms with van der Waals surface area (Å²) in [4.78, 5) is 22.1. The molecule has 29 heavy (non-hydrogen) atoms. The highest BCUT2D eigenvalue weighted by molar-refractivity contribution is 7.89. The lowest BCUT2D eigenvalue weighted by molar-refractivity contribution is -0.135. The molecule has 0 saturated carbocycles. The van der Waals surface area contributed by atoms with Crippen molar-refractivity contribution in [3.63, 3.8) is 0 Å². The van der Waals surface area contributed by atoms with E-state index in [4.69, 9.17) is 9.84 Å². The van der Waals surface area contributed by atoms with Crippen LogP contribution in [0, 0.1) is 0 Å². The molecule has 0 aromatic heterocycles. The van der Waals surface area contributed by atoms with Crippen molar-refractivity contribution in [1.29, 1.82) is 0 Å². The second kappa shape index (κ2) is 11.0. The molecule has 8 nitrogen and oxygen atoms in total. The van der Waals surface area contributed by atoms with Gasteiger partial charge in [-0.3, -0.25) is 4.79 Å². The summed E-state index contributed by atoms with van der Waals surface area (Å²) in [5.74, 6) is -1.26. The highest BCUT2D eigenvalue weighted by atomic mass is 32.2. The highest BCUT2D eigenvalue weighted by Gasteiger charge is 2.14. The quantitative estimate of drug-likeness (QED) is 0.509. The first kappa shape index (κ1) is 22.1. The van der Waals surface area contributed by atoms with Crippen molar-refractivity contribution in [1.82, 2.24) is 10.0 Å². The van der Waals surface area contributed by atoms with Gasteiger partial charge >= 0.3 is 12.1 Å². The minimum absolute atomic E-state index is 0.0151. The molecule has 0 spiro atoms. The van der Waals surface area contributed by atoms with Crippen LogP contribution in [0.1, 0.15) is 17.5 Å². The Labute approximate surface area is 169 Å². The number of ether oxygens (including phenoxy) is 1. The molecule has 0 aliphatic rings. The number of hydrogen-bond donors (Lipinski definition) is 3. The molecule has 0 heterocycles. The molecule has 2 aromatic rings. The molecule has 9 heteroatoms. The molecule has 0 fully saturated rings. The third-order valence-electron chi connectivity index (χ3n) is 3.71. The van der Waals surface area contributed by atoms with Gasteiger partial charge in [0.25, 0.3) is 0 Å². The summed E-state index contributed by atoms with van der Waals surface area (Å²) in [6.07, 6.45) is 3.70. The standard InChI is InChI=1S/C20H22N2O6S/c23-19(24)14-22-29(26,27)18-11-9-16(10-12-18)6-4-5-13-21-20(25)28-15-17-7-2-1-3-8-17/h1-4,6-12,22H,5,13-15H2,(H,21,25)(H,23,24). The summed E-state index contributed by atoms with van der Waals surface area (Å²) in [7, 11) is -3.85. The van der Waals surface area contributed by atoms with Gasteiger partial charge in [0.2, 0.25) is 10.0 Å². The summed E-state index contributed by atoms with van der Waals surface area (Å²) < 4.78 is 30.9. The second-order valence-corrected chi connectivity index (χ2v) is 7.73. The van der Waals surface area contributed by atoms with Gasteiger partial charge in [0.15, 0.2) is 0 Å². The average molecular weight is 418 g/mol. The van der Waals surface area contributed by atoms with E-state index >= 15 is 0 Å². The number of amides is 1. The first-order valence-corrected chi connectivity index (χ1v) is 10.3. The number of sulfonamides is 1. The van der Waals surface area contributed by atoms with Crippen LogP contribution in [0.3, 0.4) is 0 Å². The minimum Gasteiger partial charge on any atom is -0.480 e. The maximum atomic E-state index is 11.9. The minimum atomic E-state index is -3.85. The van der Waals surface area contributed by atoms with E-state index in [2.05, 4.69) is 5.32 Å². The fourth-order valence-electron chi connectivity index (χ4n) is 2.25. The van der Waals surface area contributed by atoms with E-state index in [1.807, 2.05) is 41.1 Å². The number of hydrogen-bond acceptors (Lipinski definition) is 5. The monoisotopic (exact) mass is 418 g/mol. The number of nitrogens with one attached hydrogen (secondary N) is 2. The Morgan fingerprint density at radius 2 is 1.72 bits per heavy atom. The van der Waals surface area contributed by atoms with Gasteiger partial charge in [-0.2, -0.15) is 4.72 Å². The smallest absolute Gasteiger partial charge is 0.407 e. The summed E-state index contributed by atoms with van der Waals surface area (Å²) in [6, 6.07) is 15.4. The summed E-state index contributed by atoms with van der Waals surface area (Å²) in [6.45, 7) is -0.0699. The normalized spacial score (nSPS) is 11.3. The SMILES string of the molecule is O=C(O)CNS(=O)(=O)c1ccc(C=CCCNC(=O)OCc2ccccc2)cc1. The van der Waals surface area contributed by atoms with Crippen molar-refractivity contribution < 1.29 is 27.9 Å². The number of rotatable bonds is 10. The van der Waals surface area contributed by atoms with Crippen molar-refractivity contribution in [2.75, 3.05) is 13.1 Å². The van der Waals surface area contributed by atoms with Crippen LogP contribution >= 0.6 is 0 Å². The Bertz CT molecular complexity index is 941. The van der Waals surface area contributed by atoms with E-state index in [9.17, 15) is 18.0 Å². The number of aliphatic carboxylic acids is 1. The maximum absolute atomic E-state index is 11.9. The van der Waals surface area contributed by atoms with E-state index in [-0.39, 0.29) is 11.5 Å². The van der Waals surface area contributed by atoms with E-state index < -0.39 is 28.6 Å². The second-order valence-electron chi connectivity index (χ2n) is 5.97. The van der Waals surface area contributed by atoms with Crippen LogP contribution in [0.4, 0.5) is 4.79 Å². The Kier molecular flexibility index (Phi) is 8.38. The third-order valence-corrected chi connectivity index (χ3v) is 5.12. The van der Waals surface area contributed by atoms with E-state index in [1.165, 1.54) is 12.1 Å². The summed E-state index contributed by atoms with van der Waals surface area (Å²) in [5, 5.41) is 11.2. The van der Waals surface area contributed by atoms with Gasteiger partial charge in [-0.15, -0.1) is 0 Å². The zero-order valence-corrected chi connectivity index (χ0v) is 16.4. The molecule has 0 atom stereocenters. The van der Waals surface area contributed by atoms with E-state index in [1.54, 1.807) is 18.2 Å². The summed E-state index contributed by atoms with van der Waals surface area (Å²) in [5.41, 5.74) is 1.68. The predicted molar refractivity (Wildman–Crippen MR) is 108 cm³/mol. The Hall–Kier alpha value is -3.17. The Morgan fingerprint density at radius 3 is 2.38 bits per heavy atom. The van der Waals surface area contributed by atoms with Gasteiger partial charge in [-0.25, -0.2) is 13.2 Å². The molecular weight excluding hydrogens is 396 g/mol. The topological polar surface area (TPSA) is 122 Å². The van der Waals surface area contributed by atoms with Gasteiger partial charge in [-0.05, 0) is 29.7 Å². The molecule has 2 rings (SSSR count).